The highest BCUT2D eigenvalue weighted by Gasteiger charge is 2.60. The average Bonchev–Trinajstić information content (AvgIpc) is 2.17. The molecule has 0 aliphatic heterocycles. The number of ketones is 1. The predicted octanol–water partition coefficient (Wildman–Crippen LogP) is 2.73. The van der Waals surface area contributed by atoms with Crippen LogP contribution in [0.4, 0.5) is 0 Å². The fourth-order valence-electron chi connectivity index (χ4n) is 3.58. The first-order chi connectivity index (χ1) is 6.62. The van der Waals surface area contributed by atoms with Gasteiger partial charge in [-0.05, 0) is 35.7 Å². The zero-order valence-electron chi connectivity index (χ0n) is 8.79. The van der Waals surface area contributed by atoms with Crippen molar-refractivity contribution in [3.63, 3.8) is 0 Å². The van der Waals surface area contributed by atoms with Crippen LogP contribution in [-0.4, -0.2) is 5.78 Å². The van der Waals surface area contributed by atoms with Crippen molar-refractivity contribution >= 4 is 5.78 Å². The highest BCUT2D eigenvalue weighted by molar-refractivity contribution is 6.01. The third-order valence-corrected chi connectivity index (χ3v) is 4.63. The Morgan fingerprint density at radius 3 is 2.93 bits per heavy atom. The second-order valence-corrected chi connectivity index (χ2v) is 5.47. The fourth-order valence-corrected chi connectivity index (χ4v) is 3.58. The Hall–Kier alpha value is -0.850. The molecule has 3 saturated carbocycles. The molecule has 0 heterocycles. The van der Waals surface area contributed by atoms with E-state index in [9.17, 15) is 4.79 Å². The summed E-state index contributed by atoms with van der Waals surface area (Å²) < 4.78 is 0. The fraction of sp³-hybridized carbons (Fsp3) is 0.615. The van der Waals surface area contributed by atoms with Crippen molar-refractivity contribution in [2.75, 3.05) is 0 Å². The highest BCUT2D eigenvalue weighted by Crippen LogP contribution is 2.62. The maximum atomic E-state index is 12.1. The van der Waals surface area contributed by atoms with E-state index in [1.165, 1.54) is 0 Å². The smallest absolute Gasteiger partial charge is 0.162 e. The lowest BCUT2D eigenvalue weighted by Gasteiger charge is -2.59. The van der Waals surface area contributed by atoms with Gasteiger partial charge in [0.25, 0.3) is 0 Å². The van der Waals surface area contributed by atoms with E-state index in [1.54, 1.807) is 0 Å². The van der Waals surface area contributed by atoms with Crippen LogP contribution in [0.5, 0.6) is 0 Å². The van der Waals surface area contributed by atoms with E-state index in [0.29, 0.717) is 17.6 Å². The minimum atomic E-state index is 0.268. The third kappa shape index (κ3) is 0.789. The lowest BCUT2D eigenvalue weighted by Crippen LogP contribution is -2.58. The molecule has 3 atom stereocenters. The van der Waals surface area contributed by atoms with Crippen LogP contribution < -0.4 is 0 Å². The molecule has 0 aromatic heterocycles. The van der Waals surface area contributed by atoms with Gasteiger partial charge in [-0.15, -0.1) is 0 Å². The van der Waals surface area contributed by atoms with Crippen molar-refractivity contribution in [2.45, 2.75) is 26.7 Å². The second-order valence-electron chi connectivity index (χ2n) is 5.47. The van der Waals surface area contributed by atoms with E-state index in [1.807, 2.05) is 12.2 Å². The molecule has 3 fully saturated rings. The van der Waals surface area contributed by atoms with Gasteiger partial charge in [-0.1, -0.05) is 32.1 Å². The van der Waals surface area contributed by atoms with Crippen LogP contribution in [0.2, 0.25) is 0 Å². The molecule has 14 heavy (non-hydrogen) atoms. The van der Waals surface area contributed by atoms with Gasteiger partial charge in [0, 0.05) is 5.92 Å². The van der Waals surface area contributed by atoms with Gasteiger partial charge in [-0.3, -0.25) is 4.79 Å². The van der Waals surface area contributed by atoms with E-state index >= 15 is 0 Å². The monoisotopic (exact) mass is 188 g/mol. The maximum absolute atomic E-state index is 12.1. The molecule has 2 bridgehead atoms. The molecule has 0 aromatic carbocycles. The summed E-state index contributed by atoms with van der Waals surface area (Å²) >= 11 is 0. The summed E-state index contributed by atoms with van der Waals surface area (Å²) in [6, 6.07) is 0. The standard InChI is InChI=1S/C13H16O/c1-13(2)10-7-11(13)12(14)9-6-4-3-5-8(9)10/h3-4,6,8,10-11H,5,7H2,1-2H3. The molecule has 4 aliphatic carbocycles. The lowest BCUT2D eigenvalue weighted by atomic mass is 9.43. The van der Waals surface area contributed by atoms with E-state index in [4.69, 9.17) is 0 Å². The number of Topliss-reactive ketones (excluding diaryl/α,β-unsaturated/α-hetero) is 1. The number of allylic oxidation sites excluding steroid dienone is 4. The summed E-state index contributed by atoms with van der Waals surface area (Å²) in [5.74, 6) is 2.04. The zero-order valence-corrected chi connectivity index (χ0v) is 8.79. The summed E-state index contributed by atoms with van der Waals surface area (Å²) in [5, 5.41) is 0. The number of carbonyl (C=O) groups is 1. The van der Waals surface area contributed by atoms with Gasteiger partial charge in [0.15, 0.2) is 5.78 Å². The minimum Gasteiger partial charge on any atom is -0.294 e. The number of hydrogen-bond acceptors (Lipinski definition) is 1. The van der Waals surface area contributed by atoms with Gasteiger partial charge >= 0.3 is 0 Å². The van der Waals surface area contributed by atoms with E-state index in [-0.39, 0.29) is 5.41 Å². The van der Waals surface area contributed by atoms with Crippen LogP contribution in [0.15, 0.2) is 23.8 Å². The van der Waals surface area contributed by atoms with Gasteiger partial charge in [0.1, 0.15) is 0 Å². The summed E-state index contributed by atoms with van der Waals surface area (Å²) in [6.45, 7) is 4.53. The molecule has 1 nitrogen and oxygen atoms in total. The minimum absolute atomic E-state index is 0.268. The molecular weight excluding hydrogens is 172 g/mol. The lowest BCUT2D eigenvalue weighted by molar-refractivity contribution is -0.147. The van der Waals surface area contributed by atoms with E-state index in [2.05, 4.69) is 19.9 Å². The third-order valence-electron chi connectivity index (χ3n) is 4.63. The van der Waals surface area contributed by atoms with Gasteiger partial charge in [0.05, 0.1) is 0 Å². The first-order valence-electron chi connectivity index (χ1n) is 5.53. The van der Waals surface area contributed by atoms with Crippen LogP contribution in [0.25, 0.3) is 0 Å². The summed E-state index contributed by atoms with van der Waals surface area (Å²) in [5.41, 5.74) is 1.39. The van der Waals surface area contributed by atoms with Crippen molar-refractivity contribution in [3.8, 4) is 0 Å². The first-order valence-corrected chi connectivity index (χ1v) is 5.53. The molecule has 4 rings (SSSR count). The van der Waals surface area contributed by atoms with Crippen molar-refractivity contribution < 1.29 is 4.79 Å². The normalized spacial score (nSPS) is 42.6. The number of carbonyl (C=O) groups excluding carboxylic acids is 1. The summed E-state index contributed by atoms with van der Waals surface area (Å²) in [7, 11) is 0. The van der Waals surface area contributed by atoms with Crippen LogP contribution in [-0.2, 0) is 4.79 Å². The van der Waals surface area contributed by atoms with Crippen molar-refractivity contribution in [3.05, 3.63) is 23.8 Å². The molecule has 0 amide bonds. The van der Waals surface area contributed by atoms with E-state index in [0.717, 1.165) is 24.3 Å². The second kappa shape index (κ2) is 2.39. The molecule has 0 spiro atoms. The number of hydrogen-bond donors (Lipinski definition) is 0. The average molecular weight is 188 g/mol. The van der Waals surface area contributed by atoms with E-state index < -0.39 is 0 Å². The van der Waals surface area contributed by atoms with Crippen LogP contribution in [0.3, 0.4) is 0 Å². The topological polar surface area (TPSA) is 17.1 Å². The van der Waals surface area contributed by atoms with Crippen LogP contribution in [0.1, 0.15) is 26.7 Å². The predicted molar refractivity (Wildman–Crippen MR) is 55.7 cm³/mol. The summed E-state index contributed by atoms with van der Waals surface area (Å²) in [4.78, 5) is 12.1. The Balaban J connectivity index is 2.05. The Morgan fingerprint density at radius 2 is 2.21 bits per heavy atom. The van der Waals surface area contributed by atoms with Crippen molar-refractivity contribution in [2.24, 2.45) is 23.2 Å². The SMILES string of the molecule is CC1(C)C2CC1C1CC=CC=C1C2=O. The zero-order chi connectivity index (χ0) is 9.92. The van der Waals surface area contributed by atoms with Gasteiger partial charge in [-0.25, -0.2) is 0 Å². The Bertz CT molecular complexity index is 359. The molecule has 3 unspecified atom stereocenters. The molecule has 0 N–H and O–H groups in total. The molecule has 74 valence electrons. The molecule has 4 aliphatic rings. The highest BCUT2D eigenvalue weighted by atomic mass is 16.1. The van der Waals surface area contributed by atoms with Gasteiger partial charge in [-0.2, -0.15) is 0 Å². The molecule has 1 heteroatoms. The van der Waals surface area contributed by atoms with Crippen molar-refractivity contribution in [1.82, 2.24) is 0 Å². The molecular formula is C13H16O. The van der Waals surface area contributed by atoms with Gasteiger partial charge in [0.2, 0.25) is 0 Å². The van der Waals surface area contributed by atoms with Gasteiger partial charge < -0.3 is 0 Å². The molecule has 0 radical (unpaired) electrons. The maximum Gasteiger partial charge on any atom is 0.162 e. The molecule has 0 aromatic rings. The van der Waals surface area contributed by atoms with Crippen LogP contribution in [0, 0.1) is 23.2 Å². The summed E-state index contributed by atoms with van der Waals surface area (Å²) in [6.07, 6.45) is 8.52. The number of rotatable bonds is 0. The Morgan fingerprint density at radius 1 is 1.43 bits per heavy atom. The van der Waals surface area contributed by atoms with Crippen LogP contribution >= 0.6 is 0 Å². The quantitative estimate of drug-likeness (QED) is 0.571. The Kier molecular flexibility index (Phi) is 1.44. The largest absolute Gasteiger partial charge is 0.294 e. The first kappa shape index (κ1) is 8.46. The van der Waals surface area contributed by atoms with Crippen molar-refractivity contribution in [1.29, 1.82) is 0 Å². The Labute approximate surface area is 84.9 Å². The molecule has 0 saturated heterocycles.